The van der Waals surface area contributed by atoms with Crippen molar-refractivity contribution in [2.24, 2.45) is 0 Å². The van der Waals surface area contributed by atoms with Gasteiger partial charge in [-0.25, -0.2) is 0 Å². The molecule has 0 amide bonds. The molecule has 0 aliphatic carbocycles. The molecule has 0 saturated heterocycles. The van der Waals surface area contributed by atoms with Crippen LogP contribution in [0, 0.1) is 22.5 Å². The van der Waals surface area contributed by atoms with Crippen LogP contribution >= 0.6 is 23.5 Å². The molecule has 0 N–H and O–H groups in total. The van der Waals surface area contributed by atoms with Crippen molar-refractivity contribution in [1.29, 1.82) is 5.26 Å². The van der Waals surface area contributed by atoms with Crippen molar-refractivity contribution in [1.82, 2.24) is 0 Å². The average Bonchev–Trinajstić information content (AvgIpc) is 2.53. The maximum atomic E-state index is 8.60. The normalized spacial score (nSPS) is 9.52. The fraction of sp³-hybridized carbons (Fsp3) is 0.167. The standard InChI is InChI=1S/C18H15NS2/c1-2-13-20-17-9-5-15(6-10-17)3-4-16-7-11-18(12-8-16)21-14-19/h5-12H,2,13H2,1H3. The summed E-state index contributed by atoms with van der Waals surface area (Å²) in [6.45, 7) is 2.19. The van der Waals surface area contributed by atoms with Crippen LogP contribution in [0.3, 0.4) is 0 Å². The highest BCUT2D eigenvalue weighted by Crippen LogP contribution is 2.19. The van der Waals surface area contributed by atoms with E-state index in [4.69, 9.17) is 5.26 Å². The SMILES string of the molecule is CCCSc1ccc(C#Cc2ccc(SC#N)cc2)cc1. The number of rotatable bonds is 4. The first-order valence-corrected chi connectivity index (χ1v) is 8.53. The van der Waals surface area contributed by atoms with Gasteiger partial charge < -0.3 is 0 Å². The van der Waals surface area contributed by atoms with Crippen molar-refractivity contribution in [2.45, 2.75) is 23.1 Å². The lowest BCUT2D eigenvalue weighted by Gasteiger charge is -1.99. The molecule has 0 saturated carbocycles. The minimum atomic E-state index is 0.945. The smallest absolute Gasteiger partial charge is 0.138 e. The molecule has 2 aromatic rings. The molecule has 0 aliphatic heterocycles. The minimum Gasteiger partial charge on any atom is -0.185 e. The van der Waals surface area contributed by atoms with Crippen LogP contribution in [0.5, 0.6) is 0 Å². The summed E-state index contributed by atoms with van der Waals surface area (Å²) in [6.07, 6.45) is 1.19. The number of nitriles is 1. The maximum absolute atomic E-state index is 8.60. The molecule has 2 aromatic carbocycles. The average molecular weight is 309 g/mol. The third kappa shape index (κ3) is 5.23. The van der Waals surface area contributed by atoms with E-state index in [0.717, 1.165) is 33.5 Å². The van der Waals surface area contributed by atoms with E-state index >= 15 is 0 Å². The molecule has 0 heterocycles. The Bertz CT molecular complexity index is 670. The summed E-state index contributed by atoms with van der Waals surface area (Å²) in [5.41, 5.74) is 1.98. The lowest BCUT2D eigenvalue weighted by Crippen LogP contribution is -1.79. The van der Waals surface area contributed by atoms with E-state index < -0.39 is 0 Å². The fourth-order valence-electron chi connectivity index (χ4n) is 1.66. The second-order valence-electron chi connectivity index (χ2n) is 4.34. The first-order valence-electron chi connectivity index (χ1n) is 6.72. The molecular weight excluding hydrogens is 294 g/mol. The van der Waals surface area contributed by atoms with Crippen LogP contribution in [0.1, 0.15) is 24.5 Å². The third-order valence-electron chi connectivity index (χ3n) is 2.70. The molecule has 21 heavy (non-hydrogen) atoms. The lowest BCUT2D eigenvalue weighted by atomic mass is 10.2. The molecule has 0 unspecified atom stereocenters. The predicted octanol–water partition coefficient (Wildman–Crippen LogP) is 5.16. The fourth-order valence-corrected chi connectivity index (χ4v) is 2.80. The van der Waals surface area contributed by atoms with Crippen molar-refractivity contribution in [2.75, 3.05) is 5.75 Å². The number of thioether (sulfide) groups is 2. The Morgan fingerprint density at radius 1 is 0.857 bits per heavy atom. The summed E-state index contributed by atoms with van der Waals surface area (Å²) in [5.74, 6) is 7.46. The van der Waals surface area contributed by atoms with E-state index in [9.17, 15) is 0 Å². The molecule has 104 valence electrons. The molecule has 0 aromatic heterocycles. The summed E-state index contributed by atoms with van der Waals surface area (Å²) in [5, 5.41) is 10.7. The van der Waals surface area contributed by atoms with Gasteiger partial charge in [0, 0.05) is 20.9 Å². The highest BCUT2D eigenvalue weighted by atomic mass is 32.2. The first kappa shape index (κ1) is 15.6. The quantitative estimate of drug-likeness (QED) is 0.443. The van der Waals surface area contributed by atoms with Gasteiger partial charge in [-0.15, -0.1) is 11.8 Å². The van der Waals surface area contributed by atoms with Gasteiger partial charge in [0.2, 0.25) is 0 Å². The van der Waals surface area contributed by atoms with E-state index in [2.05, 4.69) is 48.4 Å². The van der Waals surface area contributed by atoms with Gasteiger partial charge in [-0.2, -0.15) is 5.26 Å². The van der Waals surface area contributed by atoms with Crippen LogP contribution in [-0.4, -0.2) is 5.75 Å². The van der Waals surface area contributed by atoms with E-state index in [0.29, 0.717) is 0 Å². The van der Waals surface area contributed by atoms with E-state index in [-0.39, 0.29) is 0 Å². The Balaban J connectivity index is 2.03. The Kier molecular flexibility index (Phi) is 6.28. The molecular formula is C18H15NS2. The van der Waals surface area contributed by atoms with Gasteiger partial charge in [-0.1, -0.05) is 18.8 Å². The van der Waals surface area contributed by atoms with Crippen LogP contribution in [0.15, 0.2) is 58.3 Å². The number of hydrogen-bond acceptors (Lipinski definition) is 3. The highest BCUT2D eigenvalue weighted by molar-refractivity contribution is 8.03. The lowest BCUT2D eigenvalue weighted by molar-refractivity contribution is 1.10. The van der Waals surface area contributed by atoms with Crippen LogP contribution < -0.4 is 0 Å². The van der Waals surface area contributed by atoms with Crippen LogP contribution in [0.25, 0.3) is 0 Å². The zero-order valence-corrected chi connectivity index (χ0v) is 13.4. The second-order valence-corrected chi connectivity index (χ2v) is 6.37. The van der Waals surface area contributed by atoms with Crippen LogP contribution in [0.2, 0.25) is 0 Å². The molecule has 0 fully saturated rings. The van der Waals surface area contributed by atoms with Gasteiger partial charge in [-0.3, -0.25) is 0 Å². The molecule has 1 nitrogen and oxygen atoms in total. The Morgan fingerprint density at radius 2 is 1.38 bits per heavy atom. The summed E-state index contributed by atoms with van der Waals surface area (Å²) in [6, 6.07) is 16.1. The van der Waals surface area contributed by atoms with E-state index in [1.807, 2.05) is 36.0 Å². The van der Waals surface area contributed by atoms with Crippen molar-refractivity contribution >= 4 is 23.5 Å². The molecule has 0 bridgehead atoms. The topological polar surface area (TPSA) is 23.8 Å². The van der Waals surface area contributed by atoms with Gasteiger partial charge >= 0.3 is 0 Å². The number of nitrogens with zero attached hydrogens (tertiary/aromatic N) is 1. The van der Waals surface area contributed by atoms with Crippen LogP contribution in [-0.2, 0) is 0 Å². The molecule has 0 atom stereocenters. The molecule has 2 rings (SSSR count). The number of hydrogen-bond donors (Lipinski definition) is 0. The van der Waals surface area contributed by atoms with Crippen LogP contribution in [0.4, 0.5) is 0 Å². The summed E-state index contributed by atoms with van der Waals surface area (Å²) >= 11 is 3.03. The highest BCUT2D eigenvalue weighted by Gasteiger charge is 1.94. The largest absolute Gasteiger partial charge is 0.185 e. The monoisotopic (exact) mass is 309 g/mol. The Labute approximate surface area is 134 Å². The minimum absolute atomic E-state index is 0.945. The Morgan fingerprint density at radius 3 is 1.86 bits per heavy atom. The molecule has 0 radical (unpaired) electrons. The number of thiocyanates is 1. The van der Waals surface area contributed by atoms with Crippen molar-refractivity contribution < 1.29 is 0 Å². The van der Waals surface area contributed by atoms with Gasteiger partial charge in [0.05, 0.1) is 0 Å². The maximum Gasteiger partial charge on any atom is 0.138 e. The number of benzene rings is 2. The van der Waals surface area contributed by atoms with Crippen molar-refractivity contribution in [3.8, 4) is 17.2 Å². The molecule has 0 aliphatic rings. The molecule has 0 spiro atoms. The van der Waals surface area contributed by atoms with Gasteiger partial charge in [-0.05, 0) is 72.5 Å². The second kappa shape index (κ2) is 8.47. The summed E-state index contributed by atoms with van der Waals surface area (Å²) in [7, 11) is 0. The van der Waals surface area contributed by atoms with Crippen molar-refractivity contribution in [3.05, 3.63) is 59.7 Å². The zero-order chi connectivity index (χ0) is 14.9. The van der Waals surface area contributed by atoms with Gasteiger partial charge in [0.1, 0.15) is 5.40 Å². The predicted molar refractivity (Wildman–Crippen MR) is 91.3 cm³/mol. The van der Waals surface area contributed by atoms with Gasteiger partial charge in [0.25, 0.3) is 0 Å². The summed E-state index contributed by atoms with van der Waals surface area (Å²) < 4.78 is 0. The molecule has 3 heteroatoms. The van der Waals surface area contributed by atoms with E-state index in [1.54, 1.807) is 0 Å². The Hall–Kier alpha value is -1.81. The zero-order valence-electron chi connectivity index (χ0n) is 11.8. The van der Waals surface area contributed by atoms with E-state index in [1.165, 1.54) is 11.3 Å². The van der Waals surface area contributed by atoms with Crippen molar-refractivity contribution in [3.63, 3.8) is 0 Å². The third-order valence-corrected chi connectivity index (χ3v) is 4.51. The first-order chi connectivity index (χ1) is 10.3. The van der Waals surface area contributed by atoms with Gasteiger partial charge in [0.15, 0.2) is 0 Å². The summed E-state index contributed by atoms with van der Waals surface area (Å²) in [4.78, 5) is 2.24.